The Balaban J connectivity index is 1.84. The van der Waals surface area contributed by atoms with Crippen molar-refractivity contribution >= 4 is 11.5 Å². The molecule has 3 aromatic rings. The third-order valence-electron chi connectivity index (χ3n) is 3.26. The molecule has 0 aliphatic carbocycles. The number of rotatable bonds is 4. The lowest BCUT2D eigenvalue weighted by atomic mass is 10.2. The molecule has 0 amide bonds. The number of benzene rings is 1. The Morgan fingerprint density at radius 2 is 1.95 bits per heavy atom. The van der Waals surface area contributed by atoms with Gasteiger partial charge < -0.3 is 10.1 Å². The molecular formula is C15H17N5O. The first-order valence-corrected chi connectivity index (χ1v) is 6.73. The number of nitrogens with one attached hydrogen (secondary N) is 1. The molecule has 0 aliphatic heterocycles. The summed E-state index contributed by atoms with van der Waals surface area (Å²) in [5.74, 6) is 2.30. The van der Waals surface area contributed by atoms with Gasteiger partial charge in [-0.2, -0.15) is 5.10 Å². The van der Waals surface area contributed by atoms with Gasteiger partial charge in [-0.3, -0.25) is 0 Å². The number of hydrogen-bond donors (Lipinski definition) is 1. The van der Waals surface area contributed by atoms with Crippen molar-refractivity contribution in [2.45, 2.75) is 20.4 Å². The van der Waals surface area contributed by atoms with Crippen LogP contribution in [0.5, 0.6) is 5.75 Å². The average molecular weight is 283 g/mol. The van der Waals surface area contributed by atoms with Crippen LogP contribution >= 0.6 is 0 Å². The van der Waals surface area contributed by atoms with Crippen LogP contribution in [0.25, 0.3) is 5.65 Å². The summed E-state index contributed by atoms with van der Waals surface area (Å²) in [5, 5.41) is 7.68. The van der Waals surface area contributed by atoms with E-state index < -0.39 is 0 Å². The Labute approximate surface area is 122 Å². The maximum atomic E-state index is 5.15. The third kappa shape index (κ3) is 2.65. The minimum absolute atomic E-state index is 0.669. The van der Waals surface area contributed by atoms with E-state index in [2.05, 4.69) is 20.4 Å². The molecule has 0 atom stereocenters. The monoisotopic (exact) mass is 283 g/mol. The number of aromatic nitrogens is 4. The van der Waals surface area contributed by atoms with Crippen molar-refractivity contribution in [1.29, 1.82) is 0 Å². The summed E-state index contributed by atoms with van der Waals surface area (Å²) in [6.07, 6.45) is 1.79. The van der Waals surface area contributed by atoms with Crippen molar-refractivity contribution in [3.05, 3.63) is 47.5 Å². The molecule has 6 nitrogen and oxygen atoms in total. The van der Waals surface area contributed by atoms with Crippen LogP contribution in [0, 0.1) is 13.8 Å². The molecule has 0 unspecified atom stereocenters. The van der Waals surface area contributed by atoms with Gasteiger partial charge in [-0.05, 0) is 31.5 Å². The van der Waals surface area contributed by atoms with E-state index in [9.17, 15) is 0 Å². The fourth-order valence-corrected chi connectivity index (χ4v) is 2.15. The highest BCUT2D eigenvalue weighted by molar-refractivity contribution is 5.62. The molecule has 0 saturated carbocycles. The summed E-state index contributed by atoms with van der Waals surface area (Å²) in [6, 6.07) is 7.93. The fourth-order valence-electron chi connectivity index (χ4n) is 2.15. The van der Waals surface area contributed by atoms with Crippen molar-refractivity contribution in [1.82, 2.24) is 19.6 Å². The van der Waals surface area contributed by atoms with Gasteiger partial charge in [-0.1, -0.05) is 12.1 Å². The van der Waals surface area contributed by atoms with Gasteiger partial charge in [0.15, 0.2) is 11.5 Å². The molecule has 0 aliphatic rings. The first-order valence-electron chi connectivity index (χ1n) is 6.73. The fraction of sp³-hybridized carbons (Fsp3) is 0.267. The van der Waals surface area contributed by atoms with E-state index in [1.54, 1.807) is 17.8 Å². The highest BCUT2D eigenvalue weighted by Crippen LogP contribution is 2.16. The van der Waals surface area contributed by atoms with Crippen LogP contribution in [-0.2, 0) is 6.54 Å². The summed E-state index contributed by atoms with van der Waals surface area (Å²) in [6.45, 7) is 4.51. The van der Waals surface area contributed by atoms with Gasteiger partial charge >= 0.3 is 0 Å². The van der Waals surface area contributed by atoms with Gasteiger partial charge in [0.05, 0.1) is 19.0 Å². The molecule has 108 valence electrons. The summed E-state index contributed by atoms with van der Waals surface area (Å²) in [7, 11) is 1.66. The normalized spacial score (nSPS) is 10.8. The van der Waals surface area contributed by atoms with Crippen LogP contribution in [0.2, 0.25) is 0 Å². The highest BCUT2D eigenvalue weighted by atomic mass is 16.5. The smallest absolute Gasteiger partial charge is 0.197 e. The van der Waals surface area contributed by atoms with E-state index in [0.717, 1.165) is 28.5 Å². The second kappa shape index (κ2) is 5.40. The summed E-state index contributed by atoms with van der Waals surface area (Å²) >= 11 is 0. The van der Waals surface area contributed by atoms with Crippen LogP contribution in [-0.4, -0.2) is 26.7 Å². The molecule has 1 N–H and O–H groups in total. The Morgan fingerprint density at radius 3 is 2.67 bits per heavy atom. The Bertz CT molecular complexity index is 764. The van der Waals surface area contributed by atoms with Gasteiger partial charge in [-0.15, -0.1) is 0 Å². The van der Waals surface area contributed by atoms with Crippen molar-refractivity contribution in [2.75, 3.05) is 12.4 Å². The van der Waals surface area contributed by atoms with Gasteiger partial charge in [0, 0.05) is 6.54 Å². The maximum absolute atomic E-state index is 5.15. The first-order chi connectivity index (χ1) is 10.2. The summed E-state index contributed by atoms with van der Waals surface area (Å²) < 4.78 is 6.96. The molecule has 2 heterocycles. The van der Waals surface area contributed by atoms with Crippen molar-refractivity contribution in [2.24, 2.45) is 0 Å². The van der Waals surface area contributed by atoms with E-state index in [1.165, 1.54) is 0 Å². The predicted octanol–water partition coefficient (Wildman–Crippen LogP) is 2.36. The van der Waals surface area contributed by atoms with Gasteiger partial charge in [0.1, 0.15) is 11.6 Å². The molecule has 0 fully saturated rings. The van der Waals surface area contributed by atoms with Crippen LogP contribution in [0.1, 0.15) is 17.1 Å². The minimum atomic E-state index is 0.669. The van der Waals surface area contributed by atoms with Crippen molar-refractivity contribution in [3.63, 3.8) is 0 Å². The van der Waals surface area contributed by atoms with E-state index in [1.807, 2.05) is 38.1 Å². The Morgan fingerprint density at radius 1 is 1.19 bits per heavy atom. The molecule has 0 spiro atoms. The number of hydrogen-bond acceptors (Lipinski definition) is 5. The Kier molecular flexibility index (Phi) is 3.43. The average Bonchev–Trinajstić information content (AvgIpc) is 2.87. The van der Waals surface area contributed by atoms with Gasteiger partial charge in [-0.25, -0.2) is 14.5 Å². The van der Waals surface area contributed by atoms with E-state index in [-0.39, 0.29) is 0 Å². The molecule has 3 rings (SSSR count). The Hall–Kier alpha value is -2.63. The SMILES string of the molecule is COc1ccc(CNc2nc(C)nn3c(C)cnc23)cc1. The molecule has 1 aromatic carbocycles. The molecule has 2 aromatic heterocycles. The molecule has 0 bridgehead atoms. The van der Waals surface area contributed by atoms with Crippen LogP contribution < -0.4 is 10.1 Å². The second-order valence-electron chi connectivity index (χ2n) is 4.84. The lowest BCUT2D eigenvalue weighted by molar-refractivity contribution is 0.414. The molecule has 6 heteroatoms. The van der Waals surface area contributed by atoms with Crippen LogP contribution in [0.15, 0.2) is 30.5 Å². The zero-order valence-corrected chi connectivity index (χ0v) is 12.3. The van der Waals surface area contributed by atoms with Crippen molar-refractivity contribution in [3.8, 4) is 5.75 Å². The number of ether oxygens (including phenoxy) is 1. The topological polar surface area (TPSA) is 64.3 Å². The number of imidazole rings is 1. The van der Waals surface area contributed by atoms with Crippen LogP contribution in [0.4, 0.5) is 5.82 Å². The molecule has 0 saturated heterocycles. The van der Waals surface area contributed by atoms with Crippen LogP contribution in [0.3, 0.4) is 0 Å². The van der Waals surface area contributed by atoms with Crippen molar-refractivity contribution < 1.29 is 4.74 Å². The number of nitrogens with zero attached hydrogens (tertiary/aromatic N) is 4. The second-order valence-corrected chi connectivity index (χ2v) is 4.84. The van der Waals surface area contributed by atoms with Gasteiger partial charge in [0.25, 0.3) is 0 Å². The first kappa shape index (κ1) is 13.4. The third-order valence-corrected chi connectivity index (χ3v) is 3.26. The standard InChI is InChI=1S/C15H17N5O/c1-10-8-17-15-14(18-11(2)19-20(10)15)16-9-12-4-6-13(21-3)7-5-12/h4-8H,9H2,1-3H3,(H,16,18,19). The molecule has 21 heavy (non-hydrogen) atoms. The number of aryl methyl sites for hydroxylation is 2. The van der Waals surface area contributed by atoms with E-state index in [4.69, 9.17) is 4.74 Å². The number of methoxy groups -OCH3 is 1. The number of anilines is 1. The minimum Gasteiger partial charge on any atom is -0.497 e. The lowest BCUT2D eigenvalue weighted by Gasteiger charge is -2.08. The van der Waals surface area contributed by atoms with E-state index in [0.29, 0.717) is 12.4 Å². The summed E-state index contributed by atoms with van der Waals surface area (Å²) in [5.41, 5.74) is 2.88. The zero-order valence-electron chi connectivity index (χ0n) is 12.3. The largest absolute Gasteiger partial charge is 0.497 e. The maximum Gasteiger partial charge on any atom is 0.197 e. The van der Waals surface area contributed by atoms with Gasteiger partial charge in [0.2, 0.25) is 0 Å². The molecular weight excluding hydrogens is 266 g/mol. The number of fused-ring (bicyclic) bond motifs is 1. The summed E-state index contributed by atoms with van der Waals surface area (Å²) in [4.78, 5) is 8.79. The quantitative estimate of drug-likeness (QED) is 0.796. The lowest BCUT2D eigenvalue weighted by Crippen LogP contribution is -2.08. The van der Waals surface area contributed by atoms with E-state index >= 15 is 0 Å². The molecule has 0 radical (unpaired) electrons. The highest BCUT2D eigenvalue weighted by Gasteiger charge is 2.09. The zero-order chi connectivity index (χ0) is 14.8. The predicted molar refractivity (Wildman–Crippen MR) is 80.6 cm³/mol.